The van der Waals surface area contributed by atoms with Crippen LogP contribution in [0.5, 0.6) is 0 Å². The average Bonchev–Trinajstić information content (AvgIpc) is 3.28. The third kappa shape index (κ3) is 3.93. The van der Waals surface area contributed by atoms with E-state index < -0.39 is 0 Å². The van der Waals surface area contributed by atoms with E-state index in [4.69, 9.17) is 0 Å². The third-order valence-electron chi connectivity index (χ3n) is 4.93. The number of nitrogens with one attached hydrogen (secondary N) is 1. The lowest BCUT2D eigenvalue weighted by molar-refractivity contribution is -0.113. The summed E-state index contributed by atoms with van der Waals surface area (Å²) < 4.78 is 2.04. The molecule has 0 saturated carbocycles. The molecule has 5 heteroatoms. The zero-order valence-electron chi connectivity index (χ0n) is 15.7. The number of rotatable bonds is 5. The molecule has 2 aromatic carbocycles. The Labute approximate surface area is 164 Å². The van der Waals surface area contributed by atoms with Gasteiger partial charge in [0.1, 0.15) is 0 Å². The Bertz CT molecular complexity index is 993. The van der Waals surface area contributed by atoms with Gasteiger partial charge in [-0.2, -0.15) is 0 Å². The van der Waals surface area contributed by atoms with Gasteiger partial charge in [0, 0.05) is 18.1 Å². The van der Waals surface area contributed by atoms with Gasteiger partial charge < -0.3 is 5.32 Å². The number of thioether (sulfide) groups is 1. The molecule has 0 atom stereocenters. The Balaban J connectivity index is 1.42. The zero-order valence-corrected chi connectivity index (χ0v) is 16.5. The molecule has 0 unspecified atom stereocenters. The normalized spacial score (nSPS) is 12.8. The van der Waals surface area contributed by atoms with E-state index >= 15 is 0 Å². The smallest absolute Gasteiger partial charge is 0.234 e. The van der Waals surface area contributed by atoms with Crippen molar-refractivity contribution in [2.45, 2.75) is 38.3 Å². The van der Waals surface area contributed by atoms with Crippen LogP contribution >= 0.6 is 11.8 Å². The number of amides is 1. The third-order valence-corrected chi connectivity index (χ3v) is 5.90. The second-order valence-corrected chi connectivity index (χ2v) is 7.99. The molecule has 1 aromatic heterocycles. The molecule has 0 radical (unpaired) electrons. The van der Waals surface area contributed by atoms with Gasteiger partial charge in [0.2, 0.25) is 5.91 Å². The van der Waals surface area contributed by atoms with Gasteiger partial charge in [-0.25, -0.2) is 4.98 Å². The van der Waals surface area contributed by atoms with Gasteiger partial charge >= 0.3 is 0 Å². The Morgan fingerprint density at radius 1 is 1.15 bits per heavy atom. The van der Waals surface area contributed by atoms with Gasteiger partial charge in [0.05, 0.1) is 11.4 Å². The van der Waals surface area contributed by atoms with E-state index in [2.05, 4.69) is 54.5 Å². The number of anilines is 1. The van der Waals surface area contributed by atoms with Crippen molar-refractivity contribution in [2.24, 2.45) is 0 Å². The summed E-state index contributed by atoms with van der Waals surface area (Å²) in [7, 11) is 0. The van der Waals surface area contributed by atoms with Gasteiger partial charge in [0.15, 0.2) is 5.16 Å². The van der Waals surface area contributed by atoms with Crippen LogP contribution in [-0.2, 0) is 17.6 Å². The Morgan fingerprint density at radius 2 is 2.00 bits per heavy atom. The molecular weight excluding hydrogens is 354 g/mol. The Kier molecular flexibility index (Phi) is 5.03. The van der Waals surface area contributed by atoms with Crippen LogP contribution in [0, 0.1) is 13.8 Å². The maximum atomic E-state index is 12.4. The van der Waals surface area contributed by atoms with Crippen LogP contribution in [0.2, 0.25) is 0 Å². The summed E-state index contributed by atoms with van der Waals surface area (Å²) in [6.07, 6.45) is 7.20. The number of carbonyl (C=O) groups excluding carboxylic acids is 1. The molecule has 1 N–H and O–H groups in total. The number of aromatic nitrogens is 2. The molecule has 1 aliphatic carbocycles. The molecule has 3 aromatic rings. The number of nitrogens with zero attached hydrogens (tertiary/aromatic N) is 2. The molecule has 1 aliphatic rings. The van der Waals surface area contributed by atoms with Crippen molar-refractivity contribution in [3.8, 4) is 5.69 Å². The molecule has 1 heterocycles. The first-order chi connectivity index (χ1) is 13.1. The molecule has 0 fully saturated rings. The first-order valence-electron chi connectivity index (χ1n) is 9.25. The van der Waals surface area contributed by atoms with E-state index in [0.717, 1.165) is 29.4 Å². The highest BCUT2D eigenvalue weighted by Gasteiger charge is 2.13. The summed E-state index contributed by atoms with van der Waals surface area (Å²) >= 11 is 1.45. The SMILES string of the molecule is Cc1ccc(-n2ccnc2SCC(=O)Nc2ccc3c(c2)CCC3)c(C)c1. The van der Waals surface area contributed by atoms with E-state index in [9.17, 15) is 4.79 Å². The van der Waals surface area contributed by atoms with Gasteiger partial charge in [-0.1, -0.05) is 35.5 Å². The molecule has 0 aliphatic heterocycles. The molecule has 0 saturated heterocycles. The van der Waals surface area contributed by atoms with Crippen molar-refractivity contribution < 1.29 is 4.79 Å². The number of benzene rings is 2. The number of aryl methyl sites for hydroxylation is 4. The summed E-state index contributed by atoms with van der Waals surface area (Å²) in [5.74, 6) is 0.326. The molecular formula is C22H23N3OS. The number of carbonyl (C=O) groups is 1. The van der Waals surface area contributed by atoms with Crippen LogP contribution in [0.25, 0.3) is 5.69 Å². The van der Waals surface area contributed by atoms with Crippen molar-refractivity contribution in [1.82, 2.24) is 9.55 Å². The van der Waals surface area contributed by atoms with Crippen molar-refractivity contribution in [1.29, 1.82) is 0 Å². The standard InChI is InChI=1S/C22H23N3OS/c1-15-6-9-20(16(2)12-15)25-11-10-23-22(25)27-14-21(26)24-19-8-7-17-4-3-5-18(17)13-19/h6-13H,3-5,14H2,1-2H3,(H,24,26). The number of imidazole rings is 1. The summed E-state index contributed by atoms with van der Waals surface area (Å²) in [5, 5.41) is 3.84. The Hall–Kier alpha value is -2.53. The maximum absolute atomic E-state index is 12.4. The number of hydrogen-bond acceptors (Lipinski definition) is 3. The molecule has 1 amide bonds. The highest BCUT2D eigenvalue weighted by molar-refractivity contribution is 7.99. The first kappa shape index (κ1) is 17.9. The van der Waals surface area contributed by atoms with Crippen molar-refractivity contribution in [2.75, 3.05) is 11.1 Å². The van der Waals surface area contributed by atoms with Crippen molar-refractivity contribution >= 4 is 23.4 Å². The lowest BCUT2D eigenvalue weighted by Crippen LogP contribution is -2.14. The highest BCUT2D eigenvalue weighted by Crippen LogP contribution is 2.26. The van der Waals surface area contributed by atoms with Crippen molar-refractivity contribution in [3.63, 3.8) is 0 Å². The van der Waals surface area contributed by atoms with E-state index in [1.165, 1.54) is 40.4 Å². The fourth-order valence-corrected chi connectivity index (χ4v) is 4.40. The topological polar surface area (TPSA) is 46.9 Å². The highest BCUT2D eigenvalue weighted by atomic mass is 32.2. The minimum absolute atomic E-state index is 0.00637. The molecule has 0 spiro atoms. The second kappa shape index (κ2) is 7.61. The number of hydrogen-bond donors (Lipinski definition) is 1. The molecule has 4 nitrogen and oxygen atoms in total. The molecule has 27 heavy (non-hydrogen) atoms. The fourth-order valence-electron chi connectivity index (χ4n) is 3.63. The van der Waals surface area contributed by atoms with E-state index in [1.54, 1.807) is 6.20 Å². The van der Waals surface area contributed by atoms with Crippen LogP contribution in [0.15, 0.2) is 53.9 Å². The average molecular weight is 378 g/mol. The predicted octanol–water partition coefficient (Wildman–Crippen LogP) is 4.71. The zero-order chi connectivity index (χ0) is 18.8. The maximum Gasteiger partial charge on any atom is 0.234 e. The minimum atomic E-state index is -0.00637. The largest absolute Gasteiger partial charge is 0.325 e. The second-order valence-electron chi connectivity index (χ2n) is 7.04. The molecule has 0 bridgehead atoms. The molecule has 138 valence electrons. The summed E-state index contributed by atoms with van der Waals surface area (Å²) in [6, 6.07) is 12.6. The lowest BCUT2D eigenvalue weighted by Gasteiger charge is -2.11. The van der Waals surface area contributed by atoms with Gasteiger partial charge in [-0.3, -0.25) is 9.36 Å². The van der Waals surface area contributed by atoms with Crippen LogP contribution in [0.3, 0.4) is 0 Å². The van der Waals surface area contributed by atoms with Crippen LogP contribution in [0.1, 0.15) is 28.7 Å². The van der Waals surface area contributed by atoms with E-state index in [1.807, 2.05) is 16.8 Å². The van der Waals surface area contributed by atoms with Crippen LogP contribution in [0.4, 0.5) is 5.69 Å². The quantitative estimate of drug-likeness (QED) is 0.655. The number of fused-ring (bicyclic) bond motifs is 1. The van der Waals surface area contributed by atoms with Crippen LogP contribution in [-0.4, -0.2) is 21.2 Å². The minimum Gasteiger partial charge on any atom is -0.325 e. The summed E-state index contributed by atoms with van der Waals surface area (Å²) in [6.45, 7) is 4.18. The van der Waals surface area contributed by atoms with Gasteiger partial charge in [-0.05, 0) is 68.0 Å². The van der Waals surface area contributed by atoms with Gasteiger partial charge in [0.25, 0.3) is 0 Å². The molecule has 4 rings (SSSR count). The fraction of sp³-hybridized carbons (Fsp3) is 0.273. The predicted molar refractivity (Wildman–Crippen MR) is 111 cm³/mol. The lowest BCUT2D eigenvalue weighted by atomic mass is 10.1. The first-order valence-corrected chi connectivity index (χ1v) is 10.2. The van der Waals surface area contributed by atoms with E-state index in [-0.39, 0.29) is 5.91 Å². The summed E-state index contributed by atoms with van der Waals surface area (Å²) in [4.78, 5) is 16.8. The van der Waals surface area contributed by atoms with E-state index in [0.29, 0.717) is 5.75 Å². The monoisotopic (exact) mass is 377 g/mol. The Morgan fingerprint density at radius 3 is 2.85 bits per heavy atom. The van der Waals surface area contributed by atoms with Gasteiger partial charge in [-0.15, -0.1) is 0 Å². The van der Waals surface area contributed by atoms with Crippen molar-refractivity contribution in [3.05, 3.63) is 71.0 Å². The van der Waals surface area contributed by atoms with Crippen LogP contribution < -0.4 is 5.32 Å². The summed E-state index contributed by atoms with van der Waals surface area (Å²) in [5.41, 5.74) is 7.19.